The smallest absolute Gasteiger partial charge is 0.306 e. The van der Waals surface area contributed by atoms with Gasteiger partial charge in [0.15, 0.2) is 6.10 Å². The van der Waals surface area contributed by atoms with Crippen molar-refractivity contribution in [2.24, 2.45) is 0 Å². The topological polar surface area (TPSA) is 61.8 Å². The Balaban J connectivity index is 4.32. The molecule has 0 spiro atoms. The molecule has 356 valence electrons. The number of ether oxygens (including phenoxy) is 3. The zero-order valence-corrected chi connectivity index (χ0v) is 40.9. The molecule has 5 heteroatoms. The summed E-state index contributed by atoms with van der Waals surface area (Å²) in [5, 5.41) is 0. The van der Waals surface area contributed by atoms with Crippen LogP contribution in [0.3, 0.4) is 0 Å². The third-order valence-electron chi connectivity index (χ3n) is 10.9. The van der Waals surface area contributed by atoms with Gasteiger partial charge in [0.05, 0.1) is 6.61 Å². The minimum atomic E-state index is -0.575. The zero-order chi connectivity index (χ0) is 44.9. The maximum absolute atomic E-state index is 12.8. The second-order valence-electron chi connectivity index (χ2n) is 17.0. The number of hydrogen-bond donors (Lipinski definition) is 0. The fourth-order valence-corrected chi connectivity index (χ4v) is 7.02. The van der Waals surface area contributed by atoms with Gasteiger partial charge < -0.3 is 14.2 Å². The highest BCUT2D eigenvalue weighted by molar-refractivity contribution is 5.70. The second-order valence-corrected chi connectivity index (χ2v) is 17.0. The second kappa shape index (κ2) is 52.4. The maximum Gasteiger partial charge on any atom is 0.306 e. The molecule has 0 aromatic carbocycles. The number of carbonyl (C=O) groups is 2. The maximum atomic E-state index is 12.8. The van der Waals surface area contributed by atoms with Crippen molar-refractivity contribution in [2.45, 2.75) is 245 Å². The first kappa shape index (κ1) is 59.1. The largest absolute Gasteiger partial charge is 0.462 e. The van der Waals surface area contributed by atoms with Crippen molar-refractivity contribution in [3.63, 3.8) is 0 Å². The summed E-state index contributed by atoms with van der Waals surface area (Å²) in [6.07, 6.45) is 68.9. The lowest BCUT2D eigenvalue weighted by atomic mass is 10.1. The van der Waals surface area contributed by atoms with Crippen molar-refractivity contribution < 1.29 is 23.8 Å². The summed E-state index contributed by atoms with van der Waals surface area (Å²) in [7, 11) is 0. The van der Waals surface area contributed by atoms with Gasteiger partial charge >= 0.3 is 11.9 Å². The van der Waals surface area contributed by atoms with Crippen molar-refractivity contribution in [1.82, 2.24) is 0 Å². The Morgan fingerprint density at radius 2 is 0.758 bits per heavy atom. The fraction of sp³-hybridized carbons (Fsp3) is 0.719. The van der Waals surface area contributed by atoms with Gasteiger partial charge in [-0.15, -0.1) is 0 Å². The molecule has 1 atom stereocenters. The zero-order valence-electron chi connectivity index (χ0n) is 40.9. The Morgan fingerprint density at radius 3 is 1.24 bits per heavy atom. The van der Waals surface area contributed by atoms with Crippen molar-refractivity contribution in [3.05, 3.63) is 85.1 Å². The van der Waals surface area contributed by atoms with Gasteiger partial charge in [-0.3, -0.25) is 9.59 Å². The van der Waals surface area contributed by atoms with Crippen LogP contribution in [0.5, 0.6) is 0 Å². The van der Waals surface area contributed by atoms with Gasteiger partial charge in [-0.1, -0.05) is 209 Å². The van der Waals surface area contributed by atoms with E-state index in [1.165, 1.54) is 109 Å². The van der Waals surface area contributed by atoms with E-state index in [0.29, 0.717) is 19.4 Å². The molecule has 0 aliphatic rings. The van der Waals surface area contributed by atoms with Crippen molar-refractivity contribution in [2.75, 3.05) is 19.8 Å². The first-order chi connectivity index (χ1) is 30.6. The standard InChI is InChI=1S/C57H98O5/c1-4-7-10-13-16-19-22-25-27-28-29-30-31-33-35-38-41-44-47-50-56(58)61-54-55(53-60-52-49-46-43-40-37-34-26-23-20-17-14-11-8-5-2)62-57(59)51-48-45-42-39-36-32-24-21-18-15-12-9-6-3/h8,11-12,15,17,20-21,24-27,34,40,43,55H,4-7,9-10,13-14,16,18-19,22-23,28-33,35-39,41-42,44-54H2,1-3H3/b11-8-,15-12-,20-17-,24-21-,27-25-,34-26-,43-40-. The summed E-state index contributed by atoms with van der Waals surface area (Å²) in [5.41, 5.74) is 0. The van der Waals surface area contributed by atoms with E-state index in [1.807, 2.05) is 0 Å². The third kappa shape index (κ3) is 49.7. The van der Waals surface area contributed by atoms with Crippen LogP contribution in [-0.2, 0) is 23.8 Å². The fourth-order valence-electron chi connectivity index (χ4n) is 7.02. The average Bonchev–Trinajstić information content (AvgIpc) is 3.27. The van der Waals surface area contributed by atoms with E-state index in [4.69, 9.17) is 14.2 Å². The molecule has 0 radical (unpaired) electrons. The van der Waals surface area contributed by atoms with Crippen LogP contribution in [0.15, 0.2) is 85.1 Å². The number of esters is 2. The van der Waals surface area contributed by atoms with Crippen LogP contribution in [0.1, 0.15) is 239 Å². The molecule has 62 heavy (non-hydrogen) atoms. The Labute approximate surface area is 384 Å². The van der Waals surface area contributed by atoms with Crippen LogP contribution < -0.4 is 0 Å². The lowest BCUT2D eigenvalue weighted by Crippen LogP contribution is -2.30. The Bertz CT molecular complexity index is 1160. The molecule has 0 rings (SSSR count). The quantitative estimate of drug-likeness (QED) is 0.0346. The van der Waals surface area contributed by atoms with Crippen molar-refractivity contribution in [3.8, 4) is 0 Å². The normalized spacial score (nSPS) is 12.9. The van der Waals surface area contributed by atoms with Crippen LogP contribution in [0, 0.1) is 0 Å². The highest BCUT2D eigenvalue weighted by Crippen LogP contribution is 2.14. The van der Waals surface area contributed by atoms with Crippen molar-refractivity contribution >= 4 is 11.9 Å². The predicted octanol–water partition coefficient (Wildman–Crippen LogP) is 17.7. The molecule has 0 amide bonds. The van der Waals surface area contributed by atoms with Crippen LogP contribution in [0.2, 0.25) is 0 Å². The molecular formula is C57H98O5. The van der Waals surface area contributed by atoms with E-state index < -0.39 is 6.10 Å². The molecule has 0 fully saturated rings. The SMILES string of the molecule is CC/C=C\C/C=C\C/C=C\C/C=C\CCCOCC(COC(=O)CCCCCCCCCCC/C=C\CCCCCCCC)OC(=O)CCCCCCC/C=C\C/C=C\CCC. The first-order valence-electron chi connectivity index (χ1n) is 26.1. The third-order valence-corrected chi connectivity index (χ3v) is 10.9. The summed E-state index contributed by atoms with van der Waals surface area (Å²) in [6.45, 7) is 7.50. The van der Waals surface area contributed by atoms with Crippen LogP contribution >= 0.6 is 0 Å². The number of allylic oxidation sites excluding steroid dienone is 14. The molecule has 0 heterocycles. The summed E-state index contributed by atoms with van der Waals surface area (Å²) in [6, 6.07) is 0. The van der Waals surface area contributed by atoms with Gasteiger partial charge in [0.2, 0.25) is 0 Å². The molecule has 0 aromatic rings. The van der Waals surface area contributed by atoms with Gasteiger partial charge in [0.1, 0.15) is 6.61 Å². The Hall–Kier alpha value is -2.92. The van der Waals surface area contributed by atoms with Crippen LogP contribution in [0.25, 0.3) is 0 Å². The molecule has 0 aliphatic heterocycles. The number of hydrogen-bond acceptors (Lipinski definition) is 5. The lowest BCUT2D eigenvalue weighted by Gasteiger charge is -2.18. The van der Waals surface area contributed by atoms with Crippen LogP contribution in [0.4, 0.5) is 0 Å². The van der Waals surface area contributed by atoms with Gasteiger partial charge in [-0.05, 0) is 103 Å². The van der Waals surface area contributed by atoms with E-state index in [-0.39, 0.29) is 25.2 Å². The number of rotatable bonds is 47. The van der Waals surface area contributed by atoms with E-state index in [1.54, 1.807) is 0 Å². The molecule has 0 aromatic heterocycles. The summed E-state index contributed by atoms with van der Waals surface area (Å²) >= 11 is 0. The summed E-state index contributed by atoms with van der Waals surface area (Å²) in [4.78, 5) is 25.4. The van der Waals surface area contributed by atoms with Crippen molar-refractivity contribution in [1.29, 1.82) is 0 Å². The average molecular weight is 863 g/mol. The highest BCUT2D eigenvalue weighted by atomic mass is 16.6. The summed E-state index contributed by atoms with van der Waals surface area (Å²) < 4.78 is 17.3. The minimum Gasteiger partial charge on any atom is -0.462 e. The number of carbonyl (C=O) groups excluding carboxylic acids is 2. The lowest BCUT2D eigenvalue weighted by molar-refractivity contribution is -0.163. The molecule has 0 N–H and O–H groups in total. The van der Waals surface area contributed by atoms with E-state index in [2.05, 4.69) is 106 Å². The molecule has 1 unspecified atom stereocenters. The van der Waals surface area contributed by atoms with Gasteiger partial charge in [0.25, 0.3) is 0 Å². The molecular weight excluding hydrogens is 765 g/mol. The minimum absolute atomic E-state index is 0.0538. The monoisotopic (exact) mass is 863 g/mol. The van der Waals surface area contributed by atoms with Gasteiger partial charge in [-0.2, -0.15) is 0 Å². The van der Waals surface area contributed by atoms with Gasteiger partial charge in [0, 0.05) is 19.4 Å². The molecule has 0 saturated carbocycles. The van der Waals surface area contributed by atoms with Gasteiger partial charge in [-0.25, -0.2) is 0 Å². The Kier molecular flexibility index (Phi) is 50.0. The summed E-state index contributed by atoms with van der Waals surface area (Å²) in [5.74, 6) is -0.446. The van der Waals surface area contributed by atoms with Crippen LogP contribution in [-0.4, -0.2) is 37.9 Å². The molecule has 5 nitrogen and oxygen atoms in total. The molecule has 0 saturated heterocycles. The van der Waals surface area contributed by atoms with E-state index >= 15 is 0 Å². The highest BCUT2D eigenvalue weighted by Gasteiger charge is 2.17. The first-order valence-corrected chi connectivity index (χ1v) is 26.1. The molecule has 0 bridgehead atoms. The Morgan fingerprint density at radius 1 is 0.371 bits per heavy atom. The van der Waals surface area contributed by atoms with E-state index in [0.717, 1.165) is 96.3 Å². The predicted molar refractivity (Wildman–Crippen MR) is 270 cm³/mol. The molecule has 0 aliphatic carbocycles. The van der Waals surface area contributed by atoms with E-state index in [9.17, 15) is 9.59 Å². The number of unbranched alkanes of at least 4 members (excludes halogenated alkanes) is 22.